The van der Waals surface area contributed by atoms with Gasteiger partial charge in [0.15, 0.2) is 0 Å². The number of rotatable bonds is 9. The summed E-state index contributed by atoms with van der Waals surface area (Å²) in [5, 5.41) is 3.88. The summed E-state index contributed by atoms with van der Waals surface area (Å²) in [5.41, 5.74) is 0.616. The van der Waals surface area contributed by atoms with Crippen LogP contribution in [0.4, 0.5) is 5.69 Å². The molecule has 0 spiro atoms. The molecule has 0 aliphatic carbocycles. The Kier molecular flexibility index (Phi) is 6.98. The average Bonchev–Trinajstić information content (AvgIpc) is 2.65. The van der Waals surface area contributed by atoms with Crippen LogP contribution in [0.2, 0.25) is 0 Å². The molecule has 2 aromatic rings. The van der Waals surface area contributed by atoms with Crippen LogP contribution < -0.4 is 10.1 Å². The van der Waals surface area contributed by atoms with E-state index in [2.05, 4.69) is 31.1 Å². The van der Waals surface area contributed by atoms with Crippen molar-refractivity contribution in [2.75, 3.05) is 19.0 Å². The van der Waals surface area contributed by atoms with Gasteiger partial charge >= 0.3 is 0 Å². The number of pyridine rings is 1. The van der Waals surface area contributed by atoms with Crippen molar-refractivity contribution in [2.45, 2.75) is 52.6 Å². The van der Waals surface area contributed by atoms with Crippen LogP contribution >= 0.6 is 0 Å². The number of nitrogens with one attached hydrogen (secondary N) is 1. The van der Waals surface area contributed by atoms with Gasteiger partial charge in [-0.05, 0) is 43.5 Å². The van der Waals surface area contributed by atoms with Crippen LogP contribution in [0.3, 0.4) is 0 Å². The van der Waals surface area contributed by atoms with Gasteiger partial charge in [0, 0.05) is 18.7 Å². The van der Waals surface area contributed by atoms with Crippen LogP contribution in [0.25, 0.3) is 10.9 Å². The van der Waals surface area contributed by atoms with Crippen LogP contribution in [0.1, 0.15) is 47.0 Å². The number of unbranched alkanes of at least 4 members (excludes halogenated alkanes) is 1. The first-order chi connectivity index (χ1) is 12.4. The summed E-state index contributed by atoms with van der Waals surface area (Å²) in [4.78, 5) is 17.3. The molecular weight excluding hydrogens is 328 g/mol. The van der Waals surface area contributed by atoms with E-state index in [4.69, 9.17) is 9.47 Å². The molecule has 0 saturated heterocycles. The van der Waals surface area contributed by atoms with Gasteiger partial charge in [-0.25, -0.2) is 0 Å². The van der Waals surface area contributed by atoms with Gasteiger partial charge in [-0.15, -0.1) is 0 Å². The van der Waals surface area contributed by atoms with E-state index < -0.39 is 5.60 Å². The number of benzene rings is 1. The van der Waals surface area contributed by atoms with Crippen LogP contribution in [-0.2, 0) is 9.53 Å². The molecule has 5 nitrogen and oxygen atoms in total. The lowest BCUT2D eigenvalue weighted by molar-refractivity contribution is -0.136. The highest BCUT2D eigenvalue weighted by Crippen LogP contribution is 2.31. The van der Waals surface area contributed by atoms with Crippen molar-refractivity contribution in [2.24, 2.45) is 5.92 Å². The molecule has 1 aromatic carbocycles. The molecule has 1 amide bonds. The van der Waals surface area contributed by atoms with Crippen molar-refractivity contribution < 1.29 is 14.3 Å². The Labute approximate surface area is 156 Å². The fourth-order valence-corrected chi connectivity index (χ4v) is 2.71. The highest BCUT2D eigenvalue weighted by Gasteiger charge is 2.32. The summed E-state index contributed by atoms with van der Waals surface area (Å²) in [6.45, 7) is 8.76. The van der Waals surface area contributed by atoms with Gasteiger partial charge in [0.25, 0.3) is 5.91 Å². The number of ether oxygens (including phenoxy) is 2. The van der Waals surface area contributed by atoms with Crippen molar-refractivity contribution in [3.8, 4) is 5.75 Å². The van der Waals surface area contributed by atoms with E-state index in [0.29, 0.717) is 18.9 Å². The van der Waals surface area contributed by atoms with Crippen LogP contribution in [0.5, 0.6) is 5.75 Å². The molecular formula is C21H30N2O3. The lowest BCUT2D eigenvalue weighted by Gasteiger charge is -2.27. The van der Waals surface area contributed by atoms with E-state index in [1.807, 2.05) is 31.2 Å². The fourth-order valence-electron chi connectivity index (χ4n) is 2.71. The fraction of sp³-hybridized carbons (Fsp3) is 0.524. The Bertz CT molecular complexity index is 745. The SMILES string of the molecule is CCCC[C@@](C)(OC)C(=O)Nc1ccc(OCC(C)C)c2ncccc12. The second-order valence-electron chi connectivity index (χ2n) is 7.21. The third-order valence-electron chi connectivity index (χ3n) is 4.49. The lowest BCUT2D eigenvalue weighted by atomic mass is 9.97. The summed E-state index contributed by atoms with van der Waals surface area (Å²) in [6.07, 6.45) is 4.36. The second kappa shape index (κ2) is 8.99. The minimum absolute atomic E-state index is 0.144. The van der Waals surface area contributed by atoms with E-state index in [1.165, 1.54) is 0 Å². The zero-order chi connectivity index (χ0) is 19.2. The molecule has 1 atom stereocenters. The smallest absolute Gasteiger partial charge is 0.256 e. The van der Waals surface area contributed by atoms with E-state index in [-0.39, 0.29) is 5.91 Å². The maximum absolute atomic E-state index is 12.8. The summed E-state index contributed by atoms with van der Waals surface area (Å²) in [5.74, 6) is 1.01. The van der Waals surface area contributed by atoms with E-state index in [9.17, 15) is 4.79 Å². The second-order valence-corrected chi connectivity index (χ2v) is 7.21. The number of hydrogen-bond donors (Lipinski definition) is 1. The van der Waals surface area contributed by atoms with Crippen molar-refractivity contribution in [1.82, 2.24) is 4.98 Å². The number of aromatic nitrogens is 1. The first-order valence-electron chi connectivity index (χ1n) is 9.28. The summed E-state index contributed by atoms with van der Waals surface area (Å²) in [6, 6.07) is 7.53. The Morgan fingerprint density at radius 3 is 2.73 bits per heavy atom. The van der Waals surface area contributed by atoms with Gasteiger partial charge in [0.05, 0.1) is 12.3 Å². The quantitative estimate of drug-likeness (QED) is 0.699. The average molecular weight is 358 g/mol. The predicted octanol–water partition coefficient (Wildman–Crippen LogP) is 4.80. The summed E-state index contributed by atoms with van der Waals surface area (Å²) in [7, 11) is 1.58. The van der Waals surface area contributed by atoms with Crippen LogP contribution in [0.15, 0.2) is 30.5 Å². The van der Waals surface area contributed by atoms with Gasteiger partial charge in [-0.1, -0.05) is 33.6 Å². The Morgan fingerprint density at radius 1 is 1.31 bits per heavy atom. The van der Waals surface area contributed by atoms with Crippen LogP contribution in [0, 0.1) is 5.92 Å². The number of fused-ring (bicyclic) bond motifs is 1. The molecule has 0 aliphatic rings. The summed E-state index contributed by atoms with van der Waals surface area (Å²) < 4.78 is 11.4. The molecule has 0 saturated carbocycles. The third kappa shape index (κ3) is 4.73. The van der Waals surface area contributed by atoms with Crippen molar-refractivity contribution >= 4 is 22.5 Å². The van der Waals surface area contributed by atoms with E-state index in [1.54, 1.807) is 13.3 Å². The van der Waals surface area contributed by atoms with Gasteiger partial charge < -0.3 is 14.8 Å². The van der Waals surface area contributed by atoms with Crippen molar-refractivity contribution in [3.05, 3.63) is 30.5 Å². The van der Waals surface area contributed by atoms with Crippen LogP contribution in [-0.4, -0.2) is 30.2 Å². The lowest BCUT2D eigenvalue weighted by Crippen LogP contribution is -2.42. The normalized spacial score (nSPS) is 13.6. The molecule has 0 radical (unpaired) electrons. The molecule has 0 unspecified atom stereocenters. The number of carbonyl (C=O) groups excluding carboxylic acids is 1. The first-order valence-corrected chi connectivity index (χ1v) is 9.28. The van der Waals surface area contributed by atoms with Crippen molar-refractivity contribution in [1.29, 1.82) is 0 Å². The number of amides is 1. The van der Waals surface area contributed by atoms with E-state index in [0.717, 1.165) is 35.2 Å². The third-order valence-corrected chi connectivity index (χ3v) is 4.49. The summed E-state index contributed by atoms with van der Waals surface area (Å²) >= 11 is 0. The topological polar surface area (TPSA) is 60.5 Å². The number of methoxy groups -OCH3 is 1. The number of anilines is 1. The minimum atomic E-state index is -0.850. The standard InChI is InChI=1S/C21H30N2O3/c1-6-7-12-21(4,25-5)20(24)23-17-10-11-18(26-14-15(2)3)19-16(17)9-8-13-22-19/h8-11,13,15H,6-7,12,14H2,1-5H3,(H,23,24)/t21-/m1/s1. The highest BCUT2D eigenvalue weighted by atomic mass is 16.5. The highest BCUT2D eigenvalue weighted by molar-refractivity contribution is 6.05. The van der Waals surface area contributed by atoms with E-state index >= 15 is 0 Å². The monoisotopic (exact) mass is 358 g/mol. The molecule has 2 rings (SSSR count). The van der Waals surface area contributed by atoms with Gasteiger partial charge in [0.1, 0.15) is 16.9 Å². The Balaban J connectivity index is 2.30. The number of nitrogens with zero attached hydrogens (tertiary/aromatic N) is 1. The zero-order valence-corrected chi connectivity index (χ0v) is 16.5. The minimum Gasteiger partial charge on any atom is -0.491 e. The molecule has 142 valence electrons. The van der Waals surface area contributed by atoms with Crippen molar-refractivity contribution in [3.63, 3.8) is 0 Å². The molecule has 0 fully saturated rings. The zero-order valence-electron chi connectivity index (χ0n) is 16.5. The molecule has 5 heteroatoms. The molecule has 1 N–H and O–H groups in total. The van der Waals surface area contributed by atoms with Gasteiger partial charge in [-0.2, -0.15) is 0 Å². The van der Waals surface area contributed by atoms with Gasteiger partial charge in [0.2, 0.25) is 0 Å². The molecule has 0 aliphatic heterocycles. The Morgan fingerprint density at radius 2 is 2.08 bits per heavy atom. The molecule has 1 heterocycles. The number of carbonyl (C=O) groups is 1. The molecule has 0 bridgehead atoms. The molecule has 1 aromatic heterocycles. The predicted molar refractivity (Wildman–Crippen MR) is 106 cm³/mol. The first kappa shape index (κ1) is 20.2. The Hall–Kier alpha value is -2.14. The maximum atomic E-state index is 12.8. The largest absolute Gasteiger partial charge is 0.491 e. The van der Waals surface area contributed by atoms with Gasteiger partial charge in [-0.3, -0.25) is 9.78 Å². The maximum Gasteiger partial charge on any atom is 0.256 e. The molecule has 26 heavy (non-hydrogen) atoms. The number of hydrogen-bond acceptors (Lipinski definition) is 4.